The fraction of sp³-hybridized carbons (Fsp3) is 0.579. The lowest BCUT2D eigenvalue weighted by Crippen LogP contribution is -2.38. The predicted molar refractivity (Wildman–Crippen MR) is 113 cm³/mol. The third-order valence-corrected chi connectivity index (χ3v) is 4.45. The SMILES string of the molecule is CCNC(=NCC1(c2ccccc2)CC1)NCCCCC(=O)OC.I. The van der Waals surface area contributed by atoms with Gasteiger partial charge in [-0.15, -0.1) is 24.0 Å². The largest absolute Gasteiger partial charge is 0.469 e. The van der Waals surface area contributed by atoms with E-state index in [2.05, 4.69) is 52.6 Å². The van der Waals surface area contributed by atoms with Crippen molar-refractivity contribution in [2.24, 2.45) is 4.99 Å². The van der Waals surface area contributed by atoms with Gasteiger partial charge < -0.3 is 15.4 Å². The van der Waals surface area contributed by atoms with Crippen molar-refractivity contribution >= 4 is 35.9 Å². The van der Waals surface area contributed by atoms with Gasteiger partial charge in [0.1, 0.15) is 0 Å². The Morgan fingerprint density at radius 3 is 2.52 bits per heavy atom. The second kappa shape index (κ2) is 11.3. The van der Waals surface area contributed by atoms with Gasteiger partial charge in [-0.05, 0) is 38.2 Å². The first kappa shape index (κ1) is 21.7. The number of unbranched alkanes of at least 4 members (excludes halogenated alkanes) is 1. The smallest absolute Gasteiger partial charge is 0.305 e. The van der Waals surface area contributed by atoms with E-state index in [1.165, 1.54) is 25.5 Å². The number of hydrogen-bond acceptors (Lipinski definition) is 3. The normalized spacial score (nSPS) is 15.0. The molecule has 5 nitrogen and oxygen atoms in total. The lowest BCUT2D eigenvalue weighted by Gasteiger charge is -2.16. The summed E-state index contributed by atoms with van der Waals surface area (Å²) in [6.07, 6.45) is 4.64. The molecule has 0 radical (unpaired) electrons. The minimum atomic E-state index is -0.144. The maximum absolute atomic E-state index is 11.1. The number of hydrogen-bond donors (Lipinski definition) is 2. The first-order valence-electron chi connectivity index (χ1n) is 8.85. The van der Waals surface area contributed by atoms with Gasteiger partial charge in [0, 0.05) is 24.9 Å². The molecule has 0 amide bonds. The van der Waals surface area contributed by atoms with Crippen molar-refractivity contribution in [3.63, 3.8) is 0 Å². The molecule has 0 aliphatic heterocycles. The predicted octanol–water partition coefficient (Wildman–Crippen LogP) is 3.23. The number of nitrogens with one attached hydrogen (secondary N) is 2. The van der Waals surface area contributed by atoms with E-state index in [-0.39, 0.29) is 35.4 Å². The van der Waals surface area contributed by atoms with Crippen LogP contribution in [0.3, 0.4) is 0 Å². The molecule has 1 aliphatic carbocycles. The van der Waals surface area contributed by atoms with Crippen molar-refractivity contribution in [3.05, 3.63) is 35.9 Å². The second-order valence-corrected chi connectivity index (χ2v) is 6.30. The first-order valence-corrected chi connectivity index (χ1v) is 8.85. The van der Waals surface area contributed by atoms with Gasteiger partial charge in [0.05, 0.1) is 13.7 Å². The molecule has 25 heavy (non-hydrogen) atoms. The number of aliphatic imine (C=N–C) groups is 1. The van der Waals surface area contributed by atoms with E-state index in [0.29, 0.717) is 6.42 Å². The molecule has 1 aromatic rings. The maximum atomic E-state index is 11.1. The van der Waals surface area contributed by atoms with Gasteiger partial charge >= 0.3 is 5.97 Å². The average molecular weight is 459 g/mol. The fourth-order valence-electron chi connectivity index (χ4n) is 2.76. The lowest BCUT2D eigenvalue weighted by molar-refractivity contribution is -0.140. The number of ether oxygens (including phenoxy) is 1. The van der Waals surface area contributed by atoms with E-state index in [4.69, 9.17) is 4.99 Å². The molecule has 6 heteroatoms. The number of guanidine groups is 1. The second-order valence-electron chi connectivity index (χ2n) is 6.30. The van der Waals surface area contributed by atoms with Crippen molar-refractivity contribution in [3.8, 4) is 0 Å². The Kier molecular flexibility index (Phi) is 9.85. The van der Waals surface area contributed by atoms with Gasteiger partial charge in [-0.2, -0.15) is 0 Å². The summed E-state index contributed by atoms with van der Waals surface area (Å²) in [5, 5.41) is 6.64. The fourth-order valence-corrected chi connectivity index (χ4v) is 2.76. The van der Waals surface area contributed by atoms with E-state index in [9.17, 15) is 4.79 Å². The summed E-state index contributed by atoms with van der Waals surface area (Å²) in [5.41, 5.74) is 1.62. The van der Waals surface area contributed by atoms with Crippen LogP contribution in [0.15, 0.2) is 35.3 Å². The number of methoxy groups -OCH3 is 1. The highest BCUT2D eigenvalue weighted by Crippen LogP contribution is 2.48. The minimum Gasteiger partial charge on any atom is -0.469 e. The molecule has 0 unspecified atom stereocenters. The van der Waals surface area contributed by atoms with Crippen molar-refractivity contribution in [1.29, 1.82) is 0 Å². The monoisotopic (exact) mass is 459 g/mol. The van der Waals surface area contributed by atoms with E-state index >= 15 is 0 Å². The lowest BCUT2D eigenvalue weighted by atomic mass is 9.96. The Labute approximate surface area is 168 Å². The van der Waals surface area contributed by atoms with Gasteiger partial charge in [0.15, 0.2) is 5.96 Å². The molecule has 1 aliphatic rings. The molecule has 140 valence electrons. The Morgan fingerprint density at radius 1 is 1.20 bits per heavy atom. The Balaban J connectivity index is 0.00000312. The van der Waals surface area contributed by atoms with E-state index in [1.54, 1.807) is 0 Å². The van der Waals surface area contributed by atoms with Crippen LogP contribution in [0, 0.1) is 0 Å². The number of nitrogens with zero attached hydrogens (tertiary/aromatic N) is 1. The van der Waals surface area contributed by atoms with Crippen LogP contribution in [0.4, 0.5) is 0 Å². The van der Waals surface area contributed by atoms with Crippen LogP contribution in [-0.4, -0.2) is 38.7 Å². The third-order valence-electron chi connectivity index (χ3n) is 4.45. The number of halogens is 1. The summed E-state index contributed by atoms with van der Waals surface area (Å²) in [6, 6.07) is 10.7. The summed E-state index contributed by atoms with van der Waals surface area (Å²) in [4.78, 5) is 15.9. The molecule has 0 heterocycles. The summed E-state index contributed by atoms with van der Waals surface area (Å²) in [5.74, 6) is 0.715. The van der Waals surface area contributed by atoms with Gasteiger partial charge in [0.2, 0.25) is 0 Å². The quantitative estimate of drug-likeness (QED) is 0.196. The van der Waals surface area contributed by atoms with Crippen LogP contribution in [0.2, 0.25) is 0 Å². The van der Waals surface area contributed by atoms with Crippen molar-refractivity contribution in [2.75, 3.05) is 26.7 Å². The average Bonchev–Trinajstić information content (AvgIpc) is 3.41. The number of carbonyl (C=O) groups is 1. The van der Waals surface area contributed by atoms with Crippen molar-refractivity contribution < 1.29 is 9.53 Å². The molecule has 2 N–H and O–H groups in total. The number of carbonyl (C=O) groups excluding carboxylic acids is 1. The zero-order chi connectivity index (χ0) is 17.3. The molecule has 0 saturated heterocycles. The van der Waals surface area contributed by atoms with E-state index in [0.717, 1.165) is 38.4 Å². The molecule has 0 spiro atoms. The summed E-state index contributed by atoms with van der Waals surface area (Å²) >= 11 is 0. The van der Waals surface area contributed by atoms with Crippen molar-refractivity contribution in [1.82, 2.24) is 10.6 Å². The van der Waals surface area contributed by atoms with Crippen LogP contribution < -0.4 is 10.6 Å². The molecule has 0 aromatic heterocycles. The zero-order valence-corrected chi connectivity index (χ0v) is 17.5. The highest BCUT2D eigenvalue weighted by molar-refractivity contribution is 14.0. The first-order chi connectivity index (χ1) is 11.7. The van der Waals surface area contributed by atoms with Crippen LogP contribution in [0.5, 0.6) is 0 Å². The van der Waals surface area contributed by atoms with Crippen LogP contribution in [0.25, 0.3) is 0 Å². The van der Waals surface area contributed by atoms with Crippen molar-refractivity contribution in [2.45, 2.75) is 44.4 Å². The molecule has 1 fully saturated rings. The number of benzene rings is 1. The Morgan fingerprint density at radius 2 is 1.92 bits per heavy atom. The Bertz CT molecular complexity index is 545. The summed E-state index contributed by atoms with van der Waals surface area (Å²) in [7, 11) is 1.43. The minimum absolute atomic E-state index is 0. The van der Waals surface area contributed by atoms with Gasteiger partial charge in [-0.1, -0.05) is 30.3 Å². The topological polar surface area (TPSA) is 62.7 Å². The molecular weight excluding hydrogens is 429 g/mol. The molecule has 1 saturated carbocycles. The standard InChI is InChI=1S/C19H29N3O2.HI/c1-3-20-18(21-14-8-7-11-17(23)24-2)22-15-19(12-13-19)16-9-5-4-6-10-16;/h4-6,9-10H,3,7-8,11-15H2,1-2H3,(H2,20,21,22);1H. The third kappa shape index (κ3) is 7.22. The molecule has 0 bridgehead atoms. The molecule has 0 atom stereocenters. The van der Waals surface area contributed by atoms with E-state index < -0.39 is 0 Å². The van der Waals surface area contributed by atoms with Crippen LogP contribution >= 0.6 is 24.0 Å². The Hall–Kier alpha value is -1.31. The van der Waals surface area contributed by atoms with E-state index in [1.807, 2.05) is 0 Å². The molecular formula is C19H30IN3O2. The number of rotatable bonds is 9. The zero-order valence-electron chi connectivity index (χ0n) is 15.2. The highest BCUT2D eigenvalue weighted by atomic mass is 127. The van der Waals surface area contributed by atoms with Gasteiger partial charge in [0.25, 0.3) is 0 Å². The highest BCUT2D eigenvalue weighted by Gasteiger charge is 2.43. The van der Waals surface area contributed by atoms with Crippen LogP contribution in [0.1, 0.15) is 44.6 Å². The maximum Gasteiger partial charge on any atom is 0.305 e. The molecule has 1 aromatic carbocycles. The molecule has 2 rings (SSSR count). The van der Waals surface area contributed by atoms with Gasteiger partial charge in [-0.25, -0.2) is 0 Å². The summed E-state index contributed by atoms with van der Waals surface area (Å²) < 4.78 is 4.65. The summed E-state index contributed by atoms with van der Waals surface area (Å²) in [6.45, 7) is 4.53. The van der Waals surface area contributed by atoms with Crippen LogP contribution in [-0.2, 0) is 14.9 Å². The number of esters is 1. The van der Waals surface area contributed by atoms with Gasteiger partial charge in [-0.3, -0.25) is 9.79 Å².